The zero-order chi connectivity index (χ0) is 11.4. The molecule has 5 heteroatoms. The molecule has 0 bridgehead atoms. The number of likely N-dealkylation sites (N-methyl/N-ethyl adjacent to an activating group) is 1. The Morgan fingerprint density at radius 2 is 1.73 bits per heavy atom. The van der Waals surface area contributed by atoms with Crippen LogP contribution in [0.4, 0.5) is 11.6 Å². The molecule has 1 atom stereocenters. The van der Waals surface area contributed by atoms with Gasteiger partial charge in [-0.05, 0) is 6.92 Å². The molecule has 0 aliphatic rings. The minimum Gasteiger partial charge on any atom is -0.392 e. The maximum Gasteiger partial charge on any atom is 0.171 e. The molecule has 1 heterocycles. The van der Waals surface area contributed by atoms with Gasteiger partial charge in [-0.2, -0.15) is 0 Å². The van der Waals surface area contributed by atoms with Crippen LogP contribution in [-0.2, 0) is 0 Å². The minimum absolute atomic E-state index is 0.382. The number of aliphatic hydroxyl groups excluding tert-OH is 1. The second-order valence-corrected chi connectivity index (χ2v) is 3.83. The molecule has 0 fully saturated rings. The van der Waals surface area contributed by atoms with E-state index in [1.807, 2.05) is 30.9 Å². The molecule has 5 nitrogen and oxygen atoms in total. The van der Waals surface area contributed by atoms with Crippen LogP contribution < -0.4 is 9.80 Å². The highest BCUT2D eigenvalue weighted by Gasteiger charge is 2.12. The highest BCUT2D eigenvalue weighted by atomic mass is 16.3. The number of rotatable bonds is 4. The van der Waals surface area contributed by atoms with Crippen molar-refractivity contribution in [1.29, 1.82) is 0 Å². The van der Waals surface area contributed by atoms with E-state index in [1.165, 1.54) is 0 Å². The van der Waals surface area contributed by atoms with Crippen LogP contribution in [0.2, 0.25) is 0 Å². The van der Waals surface area contributed by atoms with Crippen molar-refractivity contribution in [3.8, 4) is 0 Å². The standard InChI is InChI=1S/C10H18N4O/c1-8(15)7-14(4)10-9(13(2)3)11-5-6-12-10/h5-6,8,15H,7H2,1-4H3/t8-/m1/s1. The maximum atomic E-state index is 9.31. The molecule has 84 valence electrons. The number of aromatic nitrogens is 2. The molecule has 1 rings (SSSR count). The van der Waals surface area contributed by atoms with Gasteiger partial charge in [0.25, 0.3) is 0 Å². The van der Waals surface area contributed by atoms with E-state index in [0.29, 0.717) is 6.54 Å². The van der Waals surface area contributed by atoms with Gasteiger partial charge in [0, 0.05) is 40.1 Å². The number of anilines is 2. The second-order valence-electron chi connectivity index (χ2n) is 3.83. The fraction of sp³-hybridized carbons (Fsp3) is 0.600. The third kappa shape index (κ3) is 3.06. The van der Waals surface area contributed by atoms with Gasteiger partial charge >= 0.3 is 0 Å². The van der Waals surface area contributed by atoms with Crippen LogP contribution in [-0.4, -0.2) is 48.9 Å². The van der Waals surface area contributed by atoms with Crippen molar-refractivity contribution in [1.82, 2.24) is 9.97 Å². The summed E-state index contributed by atoms with van der Waals surface area (Å²) in [6.45, 7) is 2.29. The molecule has 0 spiro atoms. The summed E-state index contributed by atoms with van der Waals surface area (Å²) >= 11 is 0. The van der Waals surface area contributed by atoms with Gasteiger partial charge < -0.3 is 14.9 Å². The molecule has 1 aromatic rings. The van der Waals surface area contributed by atoms with Crippen LogP contribution in [0.1, 0.15) is 6.92 Å². The van der Waals surface area contributed by atoms with Gasteiger partial charge in [-0.3, -0.25) is 0 Å². The molecule has 0 aromatic carbocycles. The first-order valence-electron chi connectivity index (χ1n) is 4.90. The van der Waals surface area contributed by atoms with E-state index in [1.54, 1.807) is 19.3 Å². The molecule has 0 saturated heterocycles. The minimum atomic E-state index is -0.382. The third-order valence-electron chi connectivity index (χ3n) is 1.98. The van der Waals surface area contributed by atoms with Crippen LogP contribution in [0.5, 0.6) is 0 Å². The van der Waals surface area contributed by atoms with E-state index < -0.39 is 0 Å². The molecule has 0 aliphatic heterocycles. The summed E-state index contributed by atoms with van der Waals surface area (Å²) in [6.07, 6.45) is 2.93. The third-order valence-corrected chi connectivity index (χ3v) is 1.98. The first-order chi connectivity index (χ1) is 7.02. The Morgan fingerprint density at radius 3 is 2.20 bits per heavy atom. The van der Waals surface area contributed by atoms with Crippen molar-refractivity contribution >= 4 is 11.6 Å². The van der Waals surface area contributed by atoms with Crippen molar-refractivity contribution in [2.45, 2.75) is 13.0 Å². The van der Waals surface area contributed by atoms with Gasteiger partial charge in [0.2, 0.25) is 0 Å². The van der Waals surface area contributed by atoms with Crippen molar-refractivity contribution < 1.29 is 5.11 Å². The maximum absolute atomic E-state index is 9.31. The topological polar surface area (TPSA) is 52.5 Å². The number of nitrogens with zero attached hydrogens (tertiary/aromatic N) is 4. The Labute approximate surface area is 90.4 Å². The largest absolute Gasteiger partial charge is 0.392 e. The fourth-order valence-corrected chi connectivity index (χ4v) is 1.39. The first kappa shape index (κ1) is 11.7. The summed E-state index contributed by atoms with van der Waals surface area (Å²) in [7, 11) is 5.73. The smallest absolute Gasteiger partial charge is 0.171 e. The molecular formula is C10H18N4O. The zero-order valence-electron chi connectivity index (χ0n) is 9.68. The van der Waals surface area contributed by atoms with Crippen molar-refractivity contribution in [2.75, 3.05) is 37.5 Å². The summed E-state index contributed by atoms with van der Waals surface area (Å²) < 4.78 is 0. The van der Waals surface area contributed by atoms with Crippen LogP contribution in [0, 0.1) is 0 Å². The monoisotopic (exact) mass is 210 g/mol. The molecule has 0 aliphatic carbocycles. The molecule has 0 radical (unpaired) electrons. The molecule has 0 unspecified atom stereocenters. The molecule has 1 N–H and O–H groups in total. The lowest BCUT2D eigenvalue weighted by atomic mass is 10.3. The van der Waals surface area contributed by atoms with Crippen molar-refractivity contribution in [2.24, 2.45) is 0 Å². The SMILES string of the molecule is C[C@@H](O)CN(C)c1nccnc1N(C)C. The number of hydrogen-bond acceptors (Lipinski definition) is 5. The lowest BCUT2D eigenvalue weighted by Gasteiger charge is -2.24. The van der Waals surface area contributed by atoms with E-state index in [9.17, 15) is 5.11 Å². The highest BCUT2D eigenvalue weighted by Crippen LogP contribution is 2.20. The van der Waals surface area contributed by atoms with Crippen molar-refractivity contribution in [3.63, 3.8) is 0 Å². The highest BCUT2D eigenvalue weighted by molar-refractivity contribution is 5.60. The number of hydrogen-bond donors (Lipinski definition) is 1. The summed E-state index contributed by atoms with van der Waals surface area (Å²) in [5.74, 6) is 1.59. The molecule has 0 saturated carbocycles. The van der Waals surface area contributed by atoms with Crippen molar-refractivity contribution in [3.05, 3.63) is 12.4 Å². The lowest BCUT2D eigenvalue weighted by molar-refractivity contribution is 0.201. The van der Waals surface area contributed by atoms with Crippen LogP contribution in [0.3, 0.4) is 0 Å². The Morgan fingerprint density at radius 1 is 1.20 bits per heavy atom. The molecule has 0 amide bonds. The fourth-order valence-electron chi connectivity index (χ4n) is 1.39. The molecule has 1 aromatic heterocycles. The van der Waals surface area contributed by atoms with E-state index in [-0.39, 0.29) is 6.10 Å². The van der Waals surface area contributed by atoms with E-state index >= 15 is 0 Å². The number of aliphatic hydroxyl groups is 1. The quantitative estimate of drug-likeness (QED) is 0.777. The molecular weight excluding hydrogens is 192 g/mol. The average Bonchev–Trinajstić information content (AvgIpc) is 2.16. The zero-order valence-corrected chi connectivity index (χ0v) is 9.68. The second kappa shape index (κ2) is 4.93. The van der Waals surface area contributed by atoms with Crippen LogP contribution in [0.15, 0.2) is 12.4 Å². The summed E-state index contributed by atoms with van der Waals surface area (Å²) in [6, 6.07) is 0. The normalized spacial score (nSPS) is 12.3. The van der Waals surface area contributed by atoms with Gasteiger partial charge in [0.1, 0.15) is 0 Å². The van der Waals surface area contributed by atoms with Gasteiger partial charge in [-0.15, -0.1) is 0 Å². The van der Waals surface area contributed by atoms with Crippen LogP contribution >= 0.6 is 0 Å². The first-order valence-corrected chi connectivity index (χ1v) is 4.90. The van der Waals surface area contributed by atoms with E-state index in [0.717, 1.165) is 11.6 Å². The molecule has 15 heavy (non-hydrogen) atoms. The Balaban J connectivity index is 2.92. The van der Waals surface area contributed by atoms with Crippen LogP contribution in [0.25, 0.3) is 0 Å². The average molecular weight is 210 g/mol. The predicted octanol–water partition coefficient (Wildman–Crippen LogP) is 0.360. The van der Waals surface area contributed by atoms with E-state index in [4.69, 9.17) is 0 Å². The Hall–Kier alpha value is -1.36. The summed E-state index contributed by atoms with van der Waals surface area (Å²) in [4.78, 5) is 12.3. The predicted molar refractivity (Wildman–Crippen MR) is 61.3 cm³/mol. The van der Waals surface area contributed by atoms with Gasteiger partial charge in [-0.25, -0.2) is 9.97 Å². The Kier molecular flexibility index (Phi) is 3.85. The van der Waals surface area contributed by atoms with E-state index in [2.05, 4.69) is 9.97 Å². The lowest BCUT2D eigenvalue weighted by Crippen LogP contribution is -2.29. The summed E-state index contributed by atoms with van der Waals surface area (Å²) in [5.41, 5.74) is 0. The van der Waals surface area contributed by atoms with Gasteiger partial charge in [0.05, 0.1) is 6.10 Å². The summed E-state index contributed by atoms with van der Waals surface area (Å²) in [5, 5.41) is 9.31. The van der Waals surface area contributed by atoms with Gasteiger partial charge in [0.15, 0.2) is 11.6 Å². The Bertz CT molecular complexity index is 314. The van der Waals surface area contributed by atoms with Gasteiger partial charge in [-0.1, -0.05) is 0 Å².